The molecule has 0 spiro atoms. The average Bonchev–Trinajstić information content (AvgIpc) is 3.04. The van der Waals surface area contributed by atoms with Crippen molar-refractivity contribution in [3.8, 4) is 0 Å². The molecule has 1 aliphatic rings. The lowest BCUT2D eigenvalue weighted by molar-refractivity contribution is -0.123. The molecule has 106 valence electrons. The van der Waals surface area contributed by atoms with Crippen molar-refractivity contribution in [2.45, 2.75) is 13.5 Å². The van der Waals surface area contributed by atoms with E-state index in [-0.39, 0.29) is 18.1 Å². The molecular weight excluding hydrogens is 268 g/mol. The summed E-state index contributed by atoms with van der Waals surface area (Å²) in [4.78, 5) is 25.4. The summed E-state index contributed by atoms with van der Waals surface area (Å²) in [7, 11) is 0. The Kier molecular flexibility index (Phi) is 3.31. The van der Waals surface area contributed by atoms with Crippen LogP contribution in [0.25, 0.3) is 6.08 Å². The quantitative estimate of drug-likeness (QED) is 0.695. The van der Waals surface area contributed by atoms with Crippen LogP contribution >= 0.6 is 0 Å². The fourth-order valence-electron chi connectivity index (χ4n) is 2.22. The van der Waals surface area contributed by atoms with Gasteiger partial charge in [-0.2, -0.15) is 0 Å². The van der Waals surface area contributed by atoms with Gasteiger partial charge in [-0.1, -0.05) is 29.8 Å². The molecule has 3 amide bonds. The van der Waals surface area contributed by atoms with Crippen LogP contribution in [0.4, 0.5) is 4.79 Å². The average molecular weight is 282 g/mol. The van der Waals surface area contributed by atoms with E-state index in [0.29, 0.717) is 5.76 Å². The number of hydrogen-bond acceptors (Lipinski definition) is 3. The van der Waals surface area contributed by atoms with Crippen molar-refractivity contribution < 1.29 is 14.0 Å². The second-order valence-corrected chi connectivity index (χ2v) is 4.88. The molecule has 5 nitrogen and oxygen atoms in total. The van der Waals surface area contributed by atoms with E-state index in [1.165, 1.54) is 17.2 Å². The fourth-order valence-corrected chi connectivity index (χ4v) is 2.22. The van der Waals surface area contributed by atoms with Gasteiger partial charge in [0.15, 0.2) is 0 Å². The first-order chi connectivity index (χ1) is 10.1. The third kappa shape index (κ3) is 2.72. The molecule has 2 aromatic rings. The molecule has 2 heterocycles. The van der Waals surface area contributed by atoms with Gasteiger partial charge in [0.25, 0.3) is 5.91 Å². The Morgan fingerprint density at radius 2 is 2.10 bits per heavy atom. The summed E-state index contributed by atoms with van der Waals surface area (Å²) in [6.07, 6.45) is 3.04. The highest BCUT2D eigenvalue weighted by Gasteiger charge is 2.33. The molecule has 0 atom stereocenters. The third-order valence-corrected chi connectivity index (χ3v) is 3.22. The van der Waals surface area contributed by atoms with Crippen molar-refractivity contribution in [2.24, 2.45) is 0 Å². The van der Waals surface area contributed by atoms with Gasteiger partial charge in [0, 0.05) is 6.08 Å². The SMILES string of the molecule is Cc1cccc(CN2C(=O)N/C(=C/c3ccco3)C2=O)c1. The van der Waals surface area contributed by atoms with Gasteiger partial charge in [-0.3, -0.25) is 9.69 Å². The number of furan rings is 1. The van der Waals surface area contributed by atoms with Crippen LogP contribution in [0, 0.1) is 6.92 Å². The summed E-state index contributed by atoms with van der Waals surface area (Å²) in [6.45, 7) is 2.22. The van der Waals surface area contributed by atoms with Crippen LogP contribution in [0.1, 0.15) is 16.9 Å². The Labute approximate surface area is 121 Å². The molecular formula is C16H14N2O3. The van der Waals surface area contributed by atoms with Crippen molar-refractivity contribution >= 4 is 18.0 Å². The second-order valence-electron chi connectivity index (χ2n) is 4.88. The molecule has 21 heavy (non-hydrogen) atoms. The van der Waals surface area contributed by atoms with Crippen molar-refractivity contribution in [1.29, 1.82) is 0 Å². The van der Waals surface area contributed by atoms with Gasteiger partial charge in [0.2, 0.25) is 0 Å². The third-order valence-electron chi connectivity index (χ3n) is 3.22. The number of aryl methyl sites for hydroxylation is 1. The number of urea groups is 1. The van der Waals surface area contributed by atoms with E-state index in [4.69, 9.17) is 4.42 Å². The van der Waals surface area contributed by atoms with Gasteiger partial charge >= 0.3 is 6.03 Å². The maximum atomic E-state index is 12.3. The summed E-state index contributed by atoms with van der Waals surface area (Å²) in [6, 6.07) is 10.7. The molecule has 0 saturated carbocycles. The molecule has 5 heteroatoms. The Hall–Kier alpha value is -2.82. The van der Waals surface area contributed by atoms with E-state index in [1.54, 1.807) is 12.1 Å². The first-order valence-corrected chi connectivity index (χ1v) is 6.57. The zero-order valence-electron chi connectivity index (χ0n) is 11.5. The number of amides is 3. The minimum Gasteiger partial charge on any atom is -0.465 e. The Morgan fingerprint density at radius 3 is 2.81 bits per heavy atom. The Morgan fingerprint density at radius 1 is 1.24 bits per heavy atom. The summed E-state index contributed by atoms with van der Waals surface area (Å²) in [5, 5.41) is 2.57. The number of rotatable bonds is 3. The second kappa shape index (κ2) is 5.28. The van der Waals surface area contributed by atoms with Crippen LogP contribution in [-0.2, 0) is 11.3 Å². The largest absolute Gasteiger partial charge is 0.465 e. The van der Waals surface area contributed by atoms with Crippen molar-refractivity contribution in [3.05, 3.63) is 65.2 Å². The van der Waals surface area contributed by atoms with E-state index in [1.807, 2.05) is 31.2 Å². The van der Waals surface area contributed by atoms with E-state index >= 15 is 0 Å². The zero-order valence-corrected chi connectivity index (χ0v) is 11.5. The van der Waals surface area contributed by atoms with Crippen molar-refractivity contribution in [2.75, 3.05) is 0 Å². The highest BCUT2D eigenvalue weighted by Crippen LogP contribution is 2.17. The predicted octanol–water partition coefficient (Wildman–Crippen LogP) is 2.68. The molecule has 1 aromatic carbocycles. The van der Waals surface area contributed by atoms with E-state index in [9.17, 15) is 9.59 Å². The molecule has 1 aromatic heterocycles. The lowest BCUT2D eigenvalue weighted by Crippen LogP contribution is -2.30. The number of nitrogens with one attached hydrogen (secondary N) is 1. The van der Waals surface area contributed by atoms with E-state index < -0.39 is 6.03 Å². The molecule has 0 bridgehead atoms. The van der Waals surface area contributed by atoms with Crippen LogP contribution in [0.5, 0.6) is 0 Å². The molecule has 1 aliphatic heterocycles. The number of imide groups is 1. The standard InChI is InChI=1S/C16H14N2O3/c1-11-4-2-5-12(8-11)10-18-15(19)14(17-16(18)20)9-13-6-3-7-21-13/h2-9H,10H2,1H3,(H,17,20)/b14-9+. The number of nitrogens with zero attached hydrogens (tertiary/aromatic N) is 1. The first kappa shape index (κ1) is 13.2. The minimum absolute atomic E-state index is 0.225. The lowest BCUT2D eigenvalue weighted by Gasteiger charge is -2.12. The normalized spacial score (nSPS) is 16.6. The number of carbonyl (C=O) groups is 2. The van der Waals surface area contributed by atoms with Gasteiger partial charge in [-0.15, -0.1) is 0 Å². The molecule has 3 rings (SSSR count). The lowest BCUT2D eigenvalue weighted by atomic mass is 10.1. The maximum absolute atomic E-state index is 12.3. The first-order valence-electron chi connectivity index (χ1n) is 6.57. The number of hydrogen-bond donors (Lipinski definition) is 1. The van der Waals surface area contributed by atoms with Crippen LogP contribution in [-0.4, -0.2) is 16.8 Å². The fraction of sp³-hybridized carbons (Fsp3) is 0.125. The summed E-state index contributed by atoms with van der Waals surface area (Å²) in [5.74, 6) is 0.175. The topological polar surface area (TPSA) is 62.6 Å². The van der Waals surface area contributed by atoms with Gasteiger partial charge in [-0.05, 0) is 24.6 Å². The number of benzene rings is 1. The maximum Gasteiger partial charge on any atom is 0.329 e. The molecule has 0 radical (unpaired) electrons. The van der Waals surface area contributed by atoms with E-state index in [2.05, 4.69) is 5.32 Å². The van der Waals surface area contributed by atoms with Crippen LogP contribution in [0.2, 0.25) is 0 Å². The van der Waals surface area contributed by atoms with Gasteiger partial charge in [0.1, 0.15) is 11.5 Å². The van der Waals surface area contributed by atoms with Crippen molar-refractivity contribution in [1.82, 2.24) is 10.2 Å². The van der Waals surface area contributed by atoms with Crippen molar-refractivity contribution in [3.63, 3.8) is 0 Å². The van der Waals surface area contributed by atoms with Gasteiger partial charge in [0.05, 0.1) is 12.8 Å². The monoisotopic (exact) mass is 282 g/mol. The van der Waals surface area contributed by atoms with Gasteiger partial charge < -0.3 is 9.73 Å². The Bertz CT molecular complexity index is 717. The zero-order chi connectivity index (χ0) is 14.8. The molecule has 0 unspecified atom stereocenters. The van der Waals surface area contributed by atoms with Gasteiger partial charge in [-0.25, -0.2) is 4.79 Å². The Balaban J connectivity index is 1.81. The van der Waals surface area contributed by atoms with Crippen LogP contribution in [0.15, 0.2) is 52.8 Å². The molecule has 1 fully saturated rings. The molecule has 1 N–H and O–H groups in total. The molecule has 0 aliphatic carbocycles. The highest BCUT2D eigenvalue weighted by molar-refractivity contribution is 6.13. The highest BCUT2D eigenvalue weighted by atomic mass is 16.3. The minimum atomic E-state index is -0.417. The van der Waals surface area contributed by atoms with E-state index in [0.717, 1.165) is 11.1 Å². The summed E-state index contributed by atoms with van der Waals surface area (Å²) in [5.41, 5.74) is 2.23. The molecule has 1 saturated heterocycles. The predicted molar refractivity (Wildman–Crippen MR) is 76.9 cm³/mol. The number of carbonyl (C=O) groups excluding carboxylic acids is 2. The smallest absolute Gasteiger partial charge is 0.329 e. The summed E-state index contributed by atoms with van der Waals surface area (Å²) >= 11 is 0. The summed E-state index contributed by atoms with van der Waals surface area (Å²) < 4.78 is 5.15. The van der Waals surface area contributed by atoms with Crippen LogP contribution < -0.4 is 5.32 Å². The van der Waals surface area contributed by atoms with Crippen LogP contribution in [0.3, 0.4) is 0 Å².